The van der Waals surface area contributed by atoms with Crippen molar-refractivity contribution < 1.29 is 14.6 Å². The Labute approximate surface area is 172 Å². The molecule has 4 atom stereocenters. The number of nitrogens with one attached hydrogen (secondary N) is 1. The van der Waals surface area contributed by atoms with Gasteiger partial charge in [-0.25, -0.2) is 4.98 Å². The second-order valence-electron chi connectivity index (χ2n) is 7.29. The number of benzene rings is 1. The first-order chi connectivity index (χ1) is 14.5. The summed E-state index contributed by atoms with van der Waals surface area (Å²) in [4.78, 5) is 22.8. The molecule has 1 fully saturated rings. The molecule has 30 heavy (non-hydrogen) atoms. The van der Waals surface area contributed by atoms with Crippen molar-refractivity contribution >= 4 is 17.1 Å². The third-order valence-electron chi connectivity index (χ3n) is 5.47. The van der Waals surface area contributed by atoms with E-state index < -0.39 is 29.6 Å². The molecule has 0 unspecified atom stereocenters. The fourth-order valence-electron chi connectivity index (χ4n) is 3.92. The Balaban J connectivity index is 1.71. The van der Waals surface area contributed by atoms with Gasteiger partial charge in [0.15, 0.2) is 17.4 Å². The number of aromatic nitrogens is 4. The number of aromatic amines is 1. The van der Waals surface area contributed by atoms with Gasteiger partial charge < -0.3 is 20.3 Å². The van der Waals surface area contributed by atoms with Gasteiger partial charge in [0.1, 0.15) is 17.8 Å². The van der Waals surface area contributed by atoms with Crippen LogP contribution in [-0.2, 0) is 16.1 Å². The van der Waals surface area contributed by atoms with Crippen LogP contribution in [-0.4, -0.2) is 42.4 Å². The Kier molecular flexibility index (Phi) is 5.30. The molecule has 1 saturated heterocycles. The number of ether oxygens (including phenoxy) is 2. The molecule has 0 amide bonds. The number of anilines is 1. The maximum absolute atomic E-state index is 12.1. The average Bonchev–Trinajstić information content (AvgIpc) is 3.27. The molecule has 4 N–H and O–H groups in total. The van der Waals surface area contributed by atoms with Gasteiger partial charge in [-0.05, 0) is 12.0 Å². The van der Waals surface area contributed by atoms with E-state index in [4.69, 9.17) is 21.6 Å². The Bertz CT molecular complexity index is 1140. The predicted octanol–water partition coefficient (Wildman–Crippen LogP) is 1.35. The molecule has 1 aliphatic heterocycles. The van der Waals surface area contributed by atoms with Gasteiger partial charge in [-0.3, -0.25) is 14.3 Å². The average molecular weight is 409 g/mol. The first-order valence-electron chi connectivity index (χ1n) is 9.66. The lowest BCUT2D eigenvalue weighted by molar-refractivity contribution is -0.119. The highest BCUT2D eigenvalue weighted by atomic mass is 16.6. The normalized spacial score (nSPS) is 26.1. The largest absolute Gasteiger partial charge is 0.386 e. The molecule has 0 bridgehead atoms. The molecule has 0 saturated carbocycles. The lowest BCUT2D eigenvalue weighted by atomic mass is 9.89. The monoisotopic (exact) mass is 409 g/mol. The summed E-state index contributed by atoms with van der Waals surface area (Å²) in [5.74, 6) is 2.59. The minimum atomic E-state index is -1.07. The van der Waals surface area contributed by atoms with E-state index in [-0.39, 0.29) is 23.5 Å². The number of terminal acetylenes is 1. The van der Waals surface area contributed by atoms with Crippen LogP contribution in [0.25, 0.3) is 11.2 Å². The third-order valence-corrected chi connectivity index (χ3v) is 5.47. The van der Waals surface area contributed by atoms with E-state index in [2.05, 4.69) is 20.9 Å². The van der Waals surface area contributed by atoms with E-state index in [1.165, 1.54) is 10.9 Å². The van der Waals surface area contributed by atoms with Gasteiger partial charge in [-0.2, -0.15) is 4.98 Å². The van der Waals surface area contributed by atoms with E-state index >= 15 is 0 Å². The minimum Gasteiger partial charge on any atom is -0.386 e. The summed E-state index contributed by atoms with van der Waals surface area (Å²) >= 11 is 0. The fraction of sp³-hybridized carbons (Fsp3) is 0.381. The summed E-state index contributed by atoms with van der Waals surface area (Å²) in [6, 6.07) is 9.64. The number of H-pyrrole nitrogens is 1. The van der Waals surface area contributed by atoms with Crippen LogP contribution in [0, 0.1) is 12.3 Å². The van der Waals surface area contributed by atoms with Crippen molar-refractivity contribution in [3.8, 4) is 12.3 Å². The number of rotatable bonds is 6. The maximum Gasteiger partial charge on any atom is 0.280 e. The number of hydrogen-bond acceptors (Lipinski definition) is 7. The van der Waals surface area contributed by atoms with Crippen molar-refractivity contribution in [2.75, 3.05) is 5.73 Å². The molecule has 3 aromatic rings. The van der Waals surface area contributed by atoms with Crippen LogP contribution >= 0.6 is 0 Å². The van der Waals surface area contributed by atoms with E-state index in [0.717, 1.165) is 5.56 Å². The Morgan fingerprint density at radius 1 is 1.43 bits per heavy atom. The van der Waals surface area contributed by atoms with Crippen LogP contribution in [0.3, 0.4) is 0 Å². The second kappa shape index (κ2) is 7.91. The number of imidazole rings is 1. The van der Waals surface area contributed by atoms with Gasteiger partial charge in [-0.1, -0.05) is 37.3 Å². The highest BCUT2D eigenvalue weighted by Crippen LogP contribution is 2.44. The van der Waals surface area contributed by atoms with Gasteiger partial charge in [0.05, 0.1) is 12.9 Å². The molecule has 3 heterocycles. The lowest BCUT2D eigenvalue weighted by Gasteiger charge is -2.32. The van der Waals surface area contributed by atoms with Crippen molar-refractivity contribution in [3.05, 3.63) is 52.6 Å². The zero-order chi connectivity index (χ0) is 21.3. The minimum absolute atomic E-state index is 0.0519. The van der Waals surface area contributed by atoms with Crippen LogP contribution < -0.4 is 11.3 Å². The molecule has 1 aliphatic rings. The van der Waals surface area contributed by atoms with Crippen molar-refractivity contribution in [1.29, 1.82) is 0 Å². The van der Waals surface area contributed by atoms with Crippen LogP contribution in [0.1, 0.15) is 31.6 Å². The topological polar surface area (TPSA) is 128 Å². The summed E-state index contributed by atoms with van der Waals surface area (Å²) in [5, 5.41) is 11.2. The number of aliphatic hydroxyl groups excluding tert-OH is 1. The Morgan fingerprint density at radius 3 is 2.90 bits per heavy atom. The molecule has 9 nitrogen and oxygen atoms in total. The first kappa shape index (κ1) is 20.1. The van der Waals surface area contributed by atoms with E-state index in [9.17, 15) is 9.90 Å². The summed E-state index contributed by atoms with van der Waals surface area (Å²) in [6.45, 7) is 2.22. The summed E-state index contributed by atoms with van der Waals surface area (Å²) in [7, 11) is 0. The predicted molar refractivity (Wildman–Crippen MR) is 110 cm³/mol. The maximum atomic E-state index is 12.1. The molecule has 0 radical (unpaired) electrons. The molecule has 1 aromatic carbocycles. The number of nitrogens with zero attached hydrogens (tertiary/aromatic N) is 3. The molecular weight excluding hydrogens is 386 g/mol. The second-order valence-corrected chi connectivity index (χ2v) is 7.29. The van der Waals surface area contributed by atoms with Gasteiger partial charge in [0, 0.05) is 6.42 Å². The van der Waals surface area contributed by atoms with Crippen LogP contribution in [0.15, 0.2) is 41.5 Å². The molecular formula is C21H23N5O4. The fourth-order valence-corrected chi connectivity index (χ4v) is 3.92. The Morgan fingerprint density at radius 2 is 2.20 bits per heavy atom. The molecule has 156 valence electrons. The SMILES string of the molecule is C#CC[C@]1(CC)O[C@@H](n2cnc3c(=O)[nH]c(N)nc32)[C@H](O)[C@@H]1OCc1ccccc1. The van der Waals surface area contributed by atoms with Crippen molar-refractivity contribution in [3.63, 3.8) is 0 Å². The quantitative estimate of drug-likeness (QED) is 0.524. The molecule has 9 heteroatoms. The van der Waals surface area contributed by atoms with E-state index in [1.54, 1.807) is 0 Å². The highest BCUT2D eigenvalue weighted by Gasteiger charge is 2.55. The van der Waals surface area contributed by atoms with Gasteiger partial charge in [0.2, 0.25) is 5.95 Å². The summed E-state index contributed by atoms with van der Waals surface area (Å²) in [5.41, 5.74) is 5.61. The molecule has 0 spiro atoms. The van der Waals surface area contributed by atoms with Crippen molar-refractivity contribution in [2.45, 2.75) is 50.4 Å². The van der Waals surface area contributed by atoms with Crippen molar-refractivity contribution in [2.24, 2.45) is 0 Å². The third kappa shape index (κ3) is 3.35. The summed E-state index contributed by atoms with van der Waals surface area (Å²) < 4.78 is 13.9. The smallest absolute Gasteiger partial charge is 0.280 e. The highest BCUT2D eigenvalue weighted by molar-refractivity contribution is 5.70. The number of fused-ring (bicyclic) bond motifs is 1. The molecule has 4 rings (SSSR count). The van der Waals surface area contributed by atoms with E-state index in [0.29, 0.717) is 13.0 Å². The zero-order valence-corrected chi connectivity index (χ0v) is 16.5. The lowest BCUT2D eigenvalue weighted by Crippen LogP contribution is -2.44. The van der Waals surface area contributed by atoms with Crippen LogP contribution in [0.4, 0.5) is 5.95 Å². The number of nitrogen functional groups attached to an aromatic ring is 1. The molecule has 0 aliphatic carbocycles. The first-order valence-corrected chi connectivity index (χ1v) is 9.66. The number of hydrogen-bond donors (Lipinski definition) is 3. The summed E-state index contributed by atoms with van der Waals surface area (Å²) in [6.07, 6.45) is 5.13. The van der Waals surface area contributed by atoms with Gasteiger partial charge in [0.25, 0.3) is 5.56 Å². The van der Waals surface area contributed by atoms with Crippen molar-refractivity contribution in [1.82, 2.24) is 19.5 Å². The van der Waals surface area contributed by atoms with E-state index in [1.807, 2.05) is 37.3 Å². The van der Waals surface area contributed by atoms with Gasteiger partial charge >= 0.3 is 0 Å². The Hall–Kier alpha value is -3.19. The van der Waals surface area contributed by atoms with Gasteiger partial charge in [-0.15, -0.1) is 12.3 Å². The molecule has 2 aromatic heterocycles. The standard InChI is InChI=1S/C21H23N5O4/c1-3-10-21(4-2)16(29-11-13-8-6-5-7-9-13)15(27)19(30-21)26-12-23-14-17(26)24-20(22)25-18(14)28/h1,5-9,12,15-16,19,27H,4,10-11H2,2H3,(H3,22,24,25,28)/t15-,16+,19-,21+/m1/s1. The van der Waals surface area contributed by atoms with Crippen LogP contribution in [0.2, 0.25) is 0 Å². The zero-order valence-electron chi connectivity index (χ0n) is 16.5. The number of nitrogens with two attached hydrogens (primary N) is 1. The number of aliphatic hydroxyl groups is 1. The van der Waals surface area contributed by atoms with Crippen LogP contribution in [0.5, 0.6) is 0 Å².